The number of imide groups is 1. The number of anilines is 1. The molecule has 0 radical (unpaired) electrons. The largest absolute Gasteiger partial charge is 0.506 e. The zero-order chi connectivity index (χ0) is 20.1. The summed E-state index contributed by atoms with van der Waals surface area (Å²) in [5.41, 5.74) is 0.272. The molecule has 148 valence electrons. The fourth-order valence-electron chi connectivity index (χ4n) is 4.99. The molecule has 3 aliphatic rings. The Morgan fingerprint density at radius 3 is 2.41 bits per heavy atom. The summed E-state index contributed by atoms with van der Waals surface area (Å²) < 4.78 is 5.48. The number of rotatable bonds is 5. The van der Waals surface area contributed by atoms with Gasteiger partial charge in [-0.1, -0.05) is 24.3 Å². The summed E-state index contributed by atoms with van der Waals surface area (Å²) in [4.78, 5) is 40.3. The first-order valence-electron chi connectivity index (χ1n) is 9.71. The molecule has 2 fully saturated rings. The number of allylic oxidation sites excluding steroid dienone is 2. The van der Waals surface area contributed by atoms with Crippen LogP contribution in [0.25, 0.3) is 0 Å². The number of fused-ring (bicyclic) bond motifs is 5. The van der Waals surface area contributed by atoms with E-state index in [2.05, 4.69) is 5.32 Å². The summed E-state index contributed by atoms with van der Waals surface area (Å²) in [7, 11) is 0. The van der Waals surface area contributed by atoms with Crippen molar-refractivity contribution in [1.29, 1.82) is 0 Å². The average molecular weight is 392 g/mol. The minimum absolute atomic E-state index is 0.0547. The molecule has 1 saturated heterocycles. The maximum absolute atomic E-state index is 13.2. The third-order valence-corrected chi connectivity index (χ3v) is 6.24. The molecule has 2 aliphatic carbocycles. The highest BCUT2D eigenvalue weighted by atomic mass is 16.3. The van der Waals surface area contributed by atoms with Gasteiger partial charge in [0, 0.05) is 0 Å². The van der Waals surface area contributed by atoms with E-state index in [1.165, 1.54) is 17.2 Å². The normalized spacial score (nSPS) is 28.1. The van der Waals surface area contributed by atoms with E-state index in [1.807, 2.05) is 12.2 Å². The molecule has 5 atom stereocenters. The number of amides is 3. The predicted molar refractivity (Wildman–Crippen MR) is 102 cm³/mol. The van der Waals surface area contributed by atoms with E-state index in [0.29, 0.717) is 5.76 Å². The SMILES string of the molecule is O=C(CC(c1ccco1)N1C(=O)C2C3C=CC(C3)C2C1=O)Nc1ccccc1O. The van der Waals surface area contributed by atoms with Crippen LogP contribution in [-0.2, 0) is 14.4 Å². The number of hydrogen-bond acceptors (Lipinski definition) is 5. The Labute approximate surface area is 167 Å². The van der Waals surface area contributed by atoms with Gasteiger partial charge in [0.25, 0.3) is 0 Å². The van der Waals surface area contributed by atoms with Crippen molar-refractivity contribution in [3.63, 3.8) is 0 Å². The third kappa shape index (κ3) is 2.76. The van der Waals surface area contributed by atoms with Gasteiger partial charge in [-0.3, -0.25) is 19.3 Å². The van der Waals surface area contributed by atoms with E-state index < -0.39 is 11.9 Å². The van der Waals surface area contributed by atoms with Gasteiger partial charge in [-0.25, -0.2) is 0 Å². The van der Waals surface area contributed by atoms with E-state index in [0.717, 1.165) is 6.42 Å². The van der Waals surface area contributed by atoms with Crippen molar-refractivity contribution in [1.82, 2.24) is 4.90 Å². The molecular weight excluding hydrogens is 372 g/mol. The Morgan fingerprint density at radius 1 is 1.10 bits per heavy atom. The first-order valence-corrected chi connectivity index (χ1v) is 9.71. The molecule has 3 amide bonds. The molecule has 5 rings (SSSR count). The number of phenolic OH excluding ortho intramolecular Hbond substituents is 1. The Balaban J connectivity index is 1.41. The van der Waals surface area contributed by atoms with Crippen LogP contribution in [0.2, 0.25) is 0 Å². The number of phenols is 1. The fourth-order valence-corrected chi connectivity index (χ4v) is 4.99. The predicted octanol–water partition coefficient (Wildman–Crippen LogP) is 2.86. The van der Waals surface area contributed by atoms with Gasteiger partial charge in [0.2, 0.25) is 17.7 Å². The molecule has 7 heteroatoms. The molecule has 2 N–H and O–H groups in total. The molecular formula is C22H20N2O5. The Hall–Kier alpha value is -3.35. The molecule has 2 bridgehead atoms. The van der Waals surface area contributed by atoms with E-state index in [1.54, 1.807) is 30.3 Å². The zero-order valence-electron chi connectivity index (χ0n) is 15.5. The molecule has 1 aliphatic heterocycles. The van der Waals surface area contributed by atoms with Crippen molar-refractivity contribution >= 4 is 23.4 Å². The van der Waals surface area contributed by atoms with Crippen LogP contribution in [0.5, 0.6) is 5.75 Å². The van der Waals surface area contributed by atoms with Gasteiger partial charge in [-0.15, -0.1) is 0 Å². The number of carbonyl (C=O) groups excluding carboxylic acids is 3. The topological polar surface area (TPSA) is 99.9 Å². The number of furan rings is 1. The lowest BCUT2D eigenvalue weighted by atomic mass is 9.85. The molecule has 1 saturated carbocycles. The first-order chi connectivity index (χ1) is 14.0. The van der Waals surface area contributed by atoms with Gasteiger partial charge in [0.1, 0.15) is 17.6 Å². The lowest BCUT2D eigenvalue weighted by Crippen LogP contribution is -2.38. The quantitative estimate of drug-likeness (QED) is 0.463. The number of nitrogens with one attached hydrogen (secondary N) is 1. The molecule has 1 aromatic heterocycles. The van der Waals surface area contributed by atoms with E-state index in [9.17, 15) is 19.5 Å². The lowest BCUT2D eigenvalue weighted by molar-refractivity contribution is -0.144. The first kappa shape index (κ1) is 17.7. The summed E-state index contributed by atoms with van der Waals surface area (Å²) in [5.74, 6) is -1.03. The van der Waals surface area contributed by atoms with Crippen LogP contribution in [0.3, 0.4) is 0 Å². The third-order valence-electron chi connectivity index (χ3n) is 6.24. The monoisotopic (exact) mass is 392 g/mol. The van der Waals surface area contributed by atoms with Gasteiger partial charge >= 0.3 is 0 Å². The molecule has 1 aromatic carbocycles. The maximum Gasteiger partial charge on any atom is 0.234 e. The van der Waals surface area contributed by atoms with Crippen molar-refractivity contribution in [2.75, 3.05) is 5.32 Å². The fraction of sp³-hybridized carbons (Fsp3) is 0.318. The van der Waals surface area contributed by atoms with Gasteiger partial charge in [-0.05, 0) is 42.5 Å². The zero-order valence-corrected chi connectivity index (χ0v) is 15.5. The maximum atomic E-state index is 13.2. The summed E-state index contributed by atoms with van der Waals surface area (Å²) in [6.45, 7) is 0. The summed E-state index contributed by atoms with van der Waals surface area (Å²) in [6, 6.07) is 8.91. The molecule has 5 unspecified atom stereocenters. The molecule has 7 nitrogen and oxygen atoms in total. The van der Waals surface area contributed by atoms with Crippen molar-refractivity contribution in [3.05, 3.63) is 60.6 Å². The van der Waals surface area contributed by atoms with Crippen molar-refractivity contribution in [2.24, 2.45) is 23.7 Å². The molecule has 29 heavy (non-hydrogen) atoms. The van der Waals surface area contributed by atoms with Gasteiger partial charge in [0.05, 0.1) is 30.2 Å². The Kier molecular flexibility index (Phi) is 4.04. The van der Waals surface area contributed by atoms with Gasteiger partial charge in [0.15, 0.2) is 0 Å². The highest BCUT2D eigenvalue weighted by Crippen LogP contribution is 2.54. The van der Waals surface area contributed by atoms with Crippen LogP contribution in [-0.4, -0.2) is 27.7 Å². The minimum atomic E-state index is -0.819. The van der Waals surface area contributed by atoms with Gasteiger partial charge in [-0.2, -0.15) is 0 Å². The van der Waals surface area contributed by atoms with Crippen molar-refractivity contribution in [3.8, 4) is 5.75 Å². The second kappa shape index (κ2) is 6.62. The van der Waals surface area contributed by atoms with E-state index in [4.69, 9.17) is 4.42 Å². The number of para-hydroxylation sites is 2. The van der Waals surface area contributed by atoms with Crippen LogP contribution in [0.15, 0.2) is 59.2 Å². The summed E-state index contributed by atoms with van der Waals surface area (Å²) in [6.07, 6.45) is 6.22. The highest BCUT2D eigenvalue weighted by Gasteiger charge is 2.60. The Bertz CT molecular complexity index is 982. The van der Waals surface area contributed by atoms with Crippen LogP contribution in [0, 0.1) is 23.7 Å². The average Bonchev–Trinajstić information content (AvgIpc) is 3.48. The van der Waals surface area contributed by atoms with Crippen molar-refractivity contribution in [2.45, 2.75) is 18.9 Å². The van der Waals surface area contributed by atoms with Crippen LogP contribution < -0.4 is 5.32 Å². The van der Waals surface area contributed by atoms with Crippen LogP contribution >= 0.6 is 0 Å². The summed E-state index contributed by atoms with van der Waals surface area (Å²) >= 11 is 0. The van der Waals surface area contributed by atoms with Gasteiger partial charge < -0.3 is 14.8 Å². The van der Waals surface area contributed by atoms with E-state index in [-0.39, 0.29) is 53.3 Å². The number of benzene rings is 1. The number of likely N-dealkylation sites (tertiary alicyclic amines) is 1. The van der Waals surface area contributed by atoms with Crippen LogP contribution in [0.4, 0.5) is 5.69 Å². The molecule has 2 aromatic rings. The number of aromatic hydroxyl groups is 1. The second-order valence-electron chi connectivity index (χ2n) is 7.85. The standard InChI is InChI=1S/C22H20N2O5/c25-16-5-2-1-4-14(16)23-18(26)11-15(17-6-3-9-29-17)24-21(27)19-12-7-8-13(10-12)20(19)22(24)28/h1-9,12-13,15,19-20,25H,10-11H2,(H,23,26). The van der Waals surface area contributed by atoms with Crippen molar-refractivity contribution < 1.29 is 23.9 Å². The molecule has 2 heterocycles. The Morgan fingerprint density at radius 2 is 1.79 bits per heavy atom. The molecule has 0 spiro atoms. The lowest BCUT2D eigenvalue weighted by Gasteiger charge is -2.26. The number of hydrogen-bond donors (Lipinski definition) is 2. The second-order valence-corrected chi connectivity index (χ2v) is 7.85. The number of carbonyl (C=O) groups is 3. The number of nitrogens with zero attached hydrogens (tertiary/aromatic N) is 1. The smallest absolute Gasteiger partial charge is 0.234 e. The highest BCUT2D eigenvalue weighted by molar-refractivity contribution is 6.07. The minimum Gasteiger partial charge on any atom is -0.506 e. The van der Waals surface area contributed by atoms with E-state index >= 15 is 0 Å². The van der Waals surface area contributed by atoms with Crippen LogP contribution in [0.1, 0.15) is 24.6 Å². The summed E-state index contributed by atoms with van der Waals surface area (Å²) in [5, 5.41) is 12.5.